The maximum atomic E-state index is 12.8. The van der Waals surface area contributed by atoms with E-state index in [0.29, 0.717) is 12.8 Å². The molecule has 2 unspecified atom stereocenters. The average molecular weight is 467 g/mol. The quantitative estimate of drug-likeness (QED) is 0.474. The fourth-order valence-electron chi connectivity index (χ4n) is 5.17. The van der Waals surface area contributed by atoms with Crippen LogP contribution >= 0.6 is 0 Å². The van der Waals surface area contributed by atoms with Gasteiger partial charge in [0.25, 0.3) is 0 Å². The summed E-state index contributed by atoms with van der Waals surface area (Å²) in [6, 6.07) is 14.8. The number of aliphatic hydroxyl groups excluding tert-OH is 1. The molecule has 34 heavy (non-hydrogen) atoms. The molecule has 1 fully saturated rings. The fourth-order valence-corrected chi connectivity index (χ4v) is 5.17. The molecular formula is C26H30N2O6. The molecule has 2 aliphatic rings. The van der Waals surface area contributed by atoms with E-state index in [-0.39, 0.29) is 18.9 Å². The molecule has 0 saturated heterocycles. The maximum absolute atomic E-state index is 12.8. The molecule has 2 aromatic rings. The highest BCUT2D eigenvalue weighted by Crippen LogP contribution is 2.44. The lowest BCUT2D eigenvalue weighted by Gasteiger charge is -2.30. The van der Waals surface area contributed by atoms with Crippen molar-refractivity contribution in [3.05, 3.63) is 59.7 Å². The molecule has 4 rings (SSSR count). The number of benzene rings is 2. The smallest absolute Gasteiger partial charge is 0.407 e. The lowest BCUT2D eigenvalue weighted by molar-refractivity contribution is -0.145. The summed E-state index contributed by atoms with van der Waals surface area (Å²) in [5, 5.41) is 24.1. The second kappa shape index (κ2) is 9.85. The first-order chi connectivity index (χ1) is 16.3. The van der Waals surface area contributed by atoms with E-state index in [1.807, 2.05) is 36.4 Å². The number of carboxylic acids is 1. The summed E-state index contributed by atoms with van der Waals surface area (Å²) in [6.07, 6.45) is 0.964. The van der Waals surface area contributed by atoms with E-state index in [1.54, 1.807) is 0 Å². The SMILES string of the molecule is CC(O)C(NC(=O)CC1(NC(=O)OCC2c3ccccc3-c3ccccc32)CCCC1)C(=O)O. The number of alkyl carbamates (subject to hydrolysis) is 1. The molecule has 2 atom stereocenters. The van der Waals surface area contributed by atoms with Crippen LogP contribution in [0.1, 0.15) is 56.1 Å². The summed E-state index contributed by atoms with van der Waals surface area (Å²) in [4.78, 5) is 36.7. The molecule has 0 radical (unpaired) electrons. The molecular weight excluding hydrogens is 436 g/mol. The van der Waals surface area contributed by atoms with Crippen LogP contribution in [0.25, 0.3) is 11.1 Å². The molecule has 2 amide bonds. The normalized spacial score (nSPS) is 17.8. The van der Waals surface area contributed by atoms with Crippen LogP contribution in [-0.4, -0.2) is 52.5 Å². The fraction of sp³-hybridized carbons (Fsp3) is 0.423. The number of ether oxygens (including phenoxy) is 1. The molecule has 2 aliphatic carbocycles. The number of carbonyl (C=O) groups excluding carboxylic acids is 2. The third kappa shape index (κ3) is 4.92. The molecule has 0 aliphatic heterocycles. The predicted molar refractivity (Wildman–Crippen MR) is 125 cm³/mol. The molecule has 0 aromatic heterocycles. The van der Waals surface area contributed by atoms with Crippen molar-refractivity contribution < 1.29 is 29.3 Å². The van der Waals surface area contributed by atoms with Gasteiger partial charge in [-0.1, -0.05) is 61.4 Å². The van der Waals surface area contributed by atoms with Crippen molar-refractivity contribution in [1.82, 2.24) is 10.6 Å². The molecule has 4 N–H and O–H groups in total. The molecule has 0 heterocycles. The van der Waals surface area contributed by atoms with Gasteiger partial charge in [-0.05, 0) is 42.0 Å². The second-order valence-corrected chi connectivity index (χ2v) is 9.24. The summed E-state index contributed by atoms with van der Waals surface area (Å²) in [5.41, 5.74) is 3.71. The molecule has 1 saturated carbocycles. The van der Waals surface area contributed by atoms with Crippen molar-refractivity contribution in [1.29, 1.82) is 0 Å². The molecule has 8 nitrogen and oxygen atoms in total. The van der Waals surface area contributed by atoms with Gasteiger partial charge in [-0.2, -0.15) is 0 Å². The maximum Gasteiger partial charge on any atom is 0.407 e. The first-order valence-corrected chi connectivity index (χ1v) is 11.6. The Hall–Kier alpha value is -3.39. The Kier molecular flexibility index (Phi) is 6.88. The van der Waals surface area contributed by atoms with Gasteiger partial charge in [-0.15, -0.1) is 0 Å². The third-order valence-electron chi connectivity index (χ3n) is 6.84. The number of fused-ring (bicyclic) bond motifs is 3. The van der Waals surface area contributed by atoms with E-state index in [4.69, 9.17) is 4.74 Å². The lowest BCUT2D eigenvalue weighted by Crippen LogP contribution is -2.53. The lowest BCUT2D eigenvalue weighted by atomic mass is 9.92. The zero-order valence-electron chi connectivity index (χ0n) is 19.1. The van der Waals surface area contributed by atoms with E-state index >= 15 is 0 Å². The molecule has 180 valence electrons. The van der Waals surface area contributed by atoms with E-state index in [2.05, 4.69) is 22.8 Å². The van der Waals surface area contributed by atoms with Gasteiger partial charge in [0.2, 0.25) is 5.91 Å². The third-order valence-corrected chi connectivity index (χ3v) is 6.84. The number of aliphatic hydroxyl groups is 1. The largest absolute Gasteiger partial charge is 0.480 e. The first-order valence-electron chi connectivity index (χ1n) is 11.6. The van der Waals surface area contributed by atoms with Gasteiger partial charge in [0.15, 0.2) is 6.04 Å². The zero-order chi connectivity index (χ0) is 24.3. The Bertz CT molecular complexity index is 1030. The highest BCUT2D eigenvalue weighted by atomic mass is 16.5. The Balaban J connectivity index is 1.40. The second-order valence-electron chi connectivity index (χ2n) is 9.24. The Morgan fingerprint density at radius 1 is 1.03 bits per heavy atom. The number of hydrogen-bond acceptors (Lipinski definition) is 5. The highest BCUT2D eigenvalue weighted by Gasteiger charge is 2.39. The van der Waals surface area contributed by atoms with E-state index in [0.717, 1.165) is 35.1 Å². The van der Waals surface area contributed by atoms with Crippen molar-refractivity contribution in [2.75, 3.05) is 6.61 Å². The van der Waals surface area contributed by atoms with E-state index in [1.165, 1.54) is 6.92 Å². The number of hydrogen-bond donors (Lipinski definition) is 4. The summed E-state index contributed by atoms with van der Waals surface area (Å²) >= 11 is 0. The van der Waals surface area contributed by atoms with Gasteiger partial charge in [0.1, 0.15) is 6.61 Å². The van der Waals surface area contributed by atoms with Crippen LogP contribution in [0.15, 0.2) is 48.5 Å². The first kappa shape index (κ1) is 23.8. The summed E-state index contributed by atoms with van der Waals surface area (Å²) in [7, 11) is 0. The van der Waals surface area contributed by atoms with Gasteiger partial charge >= 0.3 is 12.1 Å². The van der Waals surface area contributed by atoms with E-state index < -0.39 is 35.7 Å². The number of rotatable bonds is 8. The minimum Gasteiger partial charge on any atom is -0.480 e. The van der Waals surface area contributed by atoms with Crippen LogP contribution in [0.4, 0.5) is 4.79 Å². The zero-order valence-corrected chi connectivity index (χ0v) is 19.1. The molecule has 2 aromatic carbocycles. The van der Waals surface area contributed by atoms with Crippen LogP contribution in [0.5, 0.6) is 0 Å². The average Bonchev–Trinajstić information content (AvgIpc) is 3.38. The monoisotopic (exact) mass is 466 g/mol. The van der Waals surface area contributed by atoms with Crippen molar-refractivity contribution in [2.24, 2.45) is 0 Å². The molecule has 8 heteroatoms. The van der Waals surface area contributed by atoms with Crippen molar-refractivity contribution in [3.63, 3.8) is 0 Å². The number of carboxylic acid groups (broad SMARTS) is 1. The Morgan fingerprint density at radius 3 is 2.12 bits per heavy atom. The highest BCUT2D eigenvalue weighted by molar-refractivity contribution is 5.85. The molecule has 0 spiro atoms. The standard InChI is InChI=1S/C26H30N2O6/c1-16(29)23(24(31)32)27-22(30)14-26(12-6-7-13-26)28-25(33)34-15-21-19-10-4-2-8-17(19)18-9-3-5-11-20(18)21/h2-5,8-11,16,21,23,29H,6-7,12-15H2,1H3,(H,27,30)(H,28,33)(H,31,32). The van der Waals surface area contributed by atoms with Crippen LogP contribution < -0.4 is 10.6 Å². The van der Waals surface area contributed by atoms with Crippen LogP contribution in [-0.2, 0) is 14.3 Å². The summed E-state index contributed by atoms with van der Waals surface area (Å²) in [6.45, 7) is 1.48. The number of aliphatic carboxylic acids is 1. The minimum absolute atomic E-state index is 0.0663. The van der Waals surface area contributed by atoms with E-state index in [9.17, 15) is 24.6 Å². The topological polar surface area (TPSA) is 125 Å². The Morgan fingerprint density at radius 2 is 1.59 bits per heavy atom. The minimum atomic E-state index is -1.40. The van der Waals surface area contributed by atoms with Gasteiger partial charge in [0, 0.05) is 12.3 Å². The van der Waals surface area contributed by atoms with Crippen molar-refractivity contribution in [2.45, 2.75) is 62.6 Å². The summed E-state index contributed by atoms with van der Waals surface area (Å²) < 4.78 is 5.65. The van der Waals surface area contributed by atoms with Crippen LogP contribution in [0, 0.1) is 0 Å². The van der Waals surface area contributed by atoms with Crippen LogP contribution in [0.2, 0.25) is 0 Å². The molecule has 0 bridgehead atoms. The summed E-state index contributed by atoms with van der Waals surface area (Å²) in [5.74, 6) is -1.91. The van der Waals surface area contributed by atoms with Gasteiger partial charge in [-0.3, -0.25) is 4.79 Å². The van der Waals surface area contributed by atoms with Crippen LogP contribution in [0.3, 0.4) is 0 Å². The van der Waals surface area contributed by atoms with Crippen molar-refractivity contribution >= 4 is 18.0 Å². The number of carbonyl (C=O) groups is 3. The van der Waals surface area contributed by atoms with Gasteiger partial charge < -0.3 is 25.6 Å². The van der Waals surface area contributed by atoms with Gasteiger partial charge in [-0.25, -0.2) is 9.59 Å². The predicted octanol–water partition coefficient (Wildman–Crippen LogP) is 3.18. The van der Waals surface area contributed by atoms with Crippen molar-refractivity contribution in [3.8, 4) is 11.1 Å². The Labute approximate surface area is 198 Å². The number of nitrogens with one attached hydrogen (secondary N) is 2. The number of amides is 2. The van der Waals surface area contributed by atoms with Gasteiger partial charge in [0.05, 0.1) is 11.6 Å².